The van der Waals surface area contributed by atoms with E-state index in [1.807, 2.05) is 27.7 Å². The van der Waals surface area contributed by atoms with E-state index in [4.69, 9.17) is 5.73 Å². The van der Waals surface area contributed by atoms with E-state index in [2.05, 4.69) is 0 Å². The second-order valence-electron chi connectivity index (χ2n) is 3.42. The Hall–Kier alpha value is 0.00247. The van der Waals surface area contributed by atoms with Crippen molar-refractivity contribution in [2.45, 2.75) is 27.7 Å². The summed E-state index contributed by atoms with van der Waals surface area (Å²) in [5.74, 6) is 0.569. The van der Waals surface area contributed by atoms with Crippen LogP contribution in [0.15, 0.2) is 0 Å². The van der Waals surface area contributed by atoms with Gasteiger partial charge in [-0.1, -0.05) is 27.7 Å². The molecule has 0 aromatic carbocycles. The average molecular weight is 173 g/mol. The van der Waals surface area contributed by atoms with Crippen LogP contribution in [0.4, 0.5) is 0 Å². The number of primary amides is 1. The van der Waals surface area contributed by atoms with Gasteiger partial charge in [0.1, 0.15) is 0 Å². The van der Waals surface area contributed by atoms with E-state index in [-0.39, 0.29) is 29.2 Å². The minimum absolute atomic E-state index is 0. The van der Waals surface area contributed by atoms with Crippen LogP contribution in [0.25, 0.3) is 0 Å². The molecule has 0 aromatic heterocycles. The van der Waals surface area contributed by atoms with Gasteiger partial charge in [0.05, 0.1) is 0 Å². The van der Waals surface area contributed by atoms with Crippen LogP contribution in [0.5, 0.6) is 0 Å². The molecular formula is C8H20AlNO. The molecule has 0 radical (unpaired) electrons. The van der Waals surface area contributed by atoms with Gasteiger partial charge in [-0.3, -0.25) is 4.79 Å². The van der Waals surface area contributed by atoms with Crippen molar-refractivity contribution in [3.05, 3.63) is 0 Å². The van der Waals surface area contributed by atoms with Gasteiger partial charge in [0.15, 0.2) is 17.4 Å². The Morgan fingerprint density at radius 2 is 1.36 bits per heavy atom. The van der Waals surface area contributed by atoms with Crippen LogP contribution in [-0.4, -0.2) is 23.3 Å². The van der Waals surface area contributed by atoms with Crippen molar-refractivity contribution in [3.8, 4) is 0 Å². The van der Waals surface area contributed by atoms with E-state index < -0.39 is 0 Å². The maximum atomic E-state index is 10.8. The molecule has 0 aromatic rings. The highest BCUT2D eigenvalue weighted by Crippen LogP contribution is 2.19. The fourth-order valence-corrected chi connectivity index (χ4v) is 1.43. The summed E-state index contributed by atoms with van der Waals surface area (Å²) >= 11 is 0. The third-order valence-corrected chi connectivity index (χ3v) is 1.76. The summed E-state index contributed by atoms with van der Waals surface area (Å²) in [6, 6.07) is 0. The Bertz CT molecular complexity index is 115. The first kappa shape index (κ1) is 13.6. The predicted molar refractivity (Wildman–Crippen MR) is 52.3 cm³/mol. The summed E-state index contributed by atoms with van der Waals surface area (Å²) < 4.78 is 0. The molecule has 2 nitrogen and oxygen atoms in total. The Kier molecular flexibility index (Phi) is 6.95. The summed E-state index contributed by atoms with van der Waals surface area (Å²) in [5, 5.41) is 0. The zero-order valence-corrected chi connectivity index (χ0v) is 7.22. The lowest BCUT2D eigenvalue weighted by Gasteiger charge is -2.20. The minimum atomic E-state index is -0.176. The Labute approximate surface area is 79.7 Å². The highest BCUT2D eigenvalue weighted by molar-refractivity contribution is 5.77. The van der Waals surface area contributed by atoms with Gasteiger partial charge in [0.25, 0.3) is 0 Å². The van der Waals surface area contributed by atoms with E-state index in [1.165, 1.54) is 0 Å². The van der Waals surface area contributed by atoms with Crippen molar-refractivity contribution in [1.82, 2.24) is 0 Å². The highest BCUT2D eigenvalue weighted by Gasteiger charge is 2.22. The smallest absolute Gasteiger partial charge is 0.221 e. The minimum Gasteiger partial charge on any atom is -0.369 e. The molecule has 0 heterocycles. The zero-order valence-electron chi connectivity index (χ0n) is 7.22. The Balaban J connectivity index is 0. The summed E-state index contributed by atoms with van der Waals surface area (Å²) in [6.45, 7) is 8.09. The number of carbonyl (C=O) groups excluding carboxylic acids is 1. The third-order valence-electron chi connectivity index (χ3n) is 1.76. The fraction of sp³-hybridized carbons (Fsp3) is 0.875. The average Bonchev–Trinajstić information content (AvgIpc) is 1.59. The van der Waals surface area contributed by atoms with Crippen molar-refractivity contribution in [2.75, 3.05) is 0 Å². The molecule has 0 aliphatic heterocycles. The molecule has 0 fully saturated rings. The molecule has 0 rings (SSSR count). The normalized spacial score (nSPS) is 10.5. The number of carbonyl (C=O) groups is 1. The van der Waals surface area contributed by atoms with E-state index in [0.29, 0.717) is 11.8 Å². The number of hydrogen-bond acceptors (Lipinski definition) is 1. The summed E-state index contributed by atoms with van der Waals surface area (Å²) in [7, 11) is 0. The maximum absolute atomic E-state index is 10.8. The lowest BCUT2D eigenvalue weighted by atomic mass is 9.85. The molecule has 0 saturated heterocycles. The number of rotatable bonds is 3. The van der Waals surface area contributed by atoms with Crippen LogP contribution in [-0.2, 0) is 4.79 Å². The lowest BCUT2D eigenvalue weighted by molar-refractivity contribution is -0.124. The van der Waals surface area contributed by atoms with E-state index in [1.54, 1.807) is 0 Å². The van der Waals surface area contributed by atoms with Gasteiger partial charge in [0, 0.05) is 5.92 Å². The second-order valence-corrected chi connectivity index (χ2v) is 3.42. The van der Waals surface area contributed by atoms with Crippen LogP contribution in [0.2, 0.25) is 0 Å². The van der Waals surface area contributed by atoms with Gasteiger partial charge in [0.2, 0.25) is 5.91 Å². The first-order chi connectivity index (χ1) is 4.46. The fourth-order valence-electron chi connectivity index (χ4n) is 1.43. The van der Waals surface area contributed by atoms with Crippen molar-refractivity contribution in [1.29, 1.82) is 0 Å². The summed E-state index contributed by atoms with van der Waals surface area (Å²) in [5.41, 5.74) is 5.20. The topological polar surface area (TPSA) is 43.1 Å². The monoisotopic (exact) mass is 173 g/mol. The van der Waals surface area contributed by atoms with Crippen molar-refractivity contribution >= 4 is 23.3 Å². The molecule has 66 valence electrons. The number of amides is 1. The molecule has 0 bridgehead atoms. The standard InChI is InChI=1S/C8H17NO.Al.3H/c1-5(2)7(6(3)4)8(9)10;;;;/h5-7H,1-4H3,(H2,9,10);;;;. The molecule has 11 heavy (non-hydrogen) atoms. The van der Waals surface area contributed by atoms with Gasteiger partial charge in [-0.15, -0.1) is 0 Å². The number of nitrogens with two attached hydrogens (primary N) is 1. The molecule has 0 unspecified atom stereocenters. The molecular weight excluding hydrogens is 153 g/mol. The second kappa shape index (κ2) is 5.63. The van der Waals surface area contributed by atoms with E-state index in [0.717, 1.165) is 0 Å². The molecule has 0 saturated carbocycles. The van der Waals surface area contributed by atoms with Crippen molar-refractivity contribution < 1.29 is 4.79 Å². The van der Waals surface area contributed by atoms with Crippen molar-refractivity contribution in [2.24, 2.45) is 23.5 Å². The van der Waals surface area contributed by atoms with Crippen molar-refractivity contribution in [3.63, 3.8) is 0 Å². The molecule has 1 amide bonds. The molecule has 0 aliphatic rings. The largest absolute Gasteiger partial charge is 0.369 e. The molecule has 3 heteroatoms. The SMILES string of the molecule is CC(C)C(C(N)=O)C(C)C.[AlH3]. The van der Waals surface area contributed by atoms with Gasteiger partial charge < -0.3 is 5.73 Å². The highest BCUT2D eigenvalue weighted by atomic mass is 27.0. The van der Waals surface area contributed by atoms with E-state index >= 15 is 0 Å². The van der Waals surface area contributed by atoms with E-state index in [9.17, 15) is 4.79 Å². The van der Waals surface area contributed by atoms with Crippen LogP contribution in [0, 0.1) is 17.8 Å². The Morgan fingerprint density at radius 3 is 1.36 bits per heavy atom. The molecule has 0 spiro atoms. The number of hydrogen-bond donors (Lipinski definition) is 1. The van der Waals surface area contributed by atoms with Gasteiger partial charge in [-0.2, -0.15) is 0 Å². The third kappa shape index (κ3) is 4.45. The van der Waals surface area contributed by atoms with Crippen LogP contribution >= 0.6 is 0 Å². The maximum Gasteiger partial charge on any atom is 0.221 e. The Morgan fingerprint density at radius 1 is 1.09 bits per heavy atom. The van der Waals surface area contributed by atoms with Crippen LogP contribution < -0.4 is 5.73 Å². The first-order valence-electron chi connectivity index (χ1n) is 3.76. The summed E-state index contributed by atoms with van der Waals surface area (Å²) in [4.78, 5) is 10.8. The van der Waals surface area contributed by atoms with Gasteiger partial charge in [-0.05, 0) is 11.8 Å². The lowest BCUT2D eigenvalue weighted by Crippen LogP contribution is -2.31. The van der Waals surface area contributed by atoms with Gasteiger partial charge >= 0.3 is 0 Å². The predicted octanol–water partition coefficient (Wildman–Crippen LogP) is 0.216. The van der Waals surface area contributed by atoms with Crippen LogP contribution in [0.1, 0.15) is 27.7 Å². The molecule has 2 N–H and O–H groups in total. The first-order valence-corrected chi connectivity index (χ1v) is 3.76. The van der Waals surface area contributed by atoms with Gasteiger partial charge in [-0.25, -0.2) is 0 Å². The zero-order chi connectivity index (χ0) is 8.31. The molecule has 0 atom stereocenters. The quantitative estimate of drug-likeness (QED) is 0.609. The summed E-state index contributed by atoms with van der Waals surface area (Å²) in [6.07, 6.45) is 0. The molecule has 0 aliphatic carbocycles. The van der Waals surface area contributed by atoms with Crippen LogP contribution in [0.3, 0.4) is 0 Å².